The van der Waals surface area contributed by atoms with Crippen molar-refractivity contribution < 1.29 is 68.2 Å². The number of nitrogens with one attached hydrogen (secondary N) is 6. The number of methoxy groups -OCH3 is 1. The van der Waals surface area contributed by atoms with Crippen LogP contribution in [0.15, 0.2) is 24.3 Å². The number of amides is 6. The topological polar surface area (TPSA) is 207 Å². The summed E-state index contributed by atoms with van der Waals surface area (Å²) in [5, 5.41) is 26.2. The fourth-order valence-corrected chi connectivity index (χ4v) is 5.55. The number of esters is 1. The van der Waals surface area contributed by atoms with Gasteiger partial charge in [0.05, 0.1) is 19.6 Å². The number of hydrogen-bond donors (Lipinski definition) is 6. The zero-order valence-electron chi connectivity index (χ0n) is 36.8. The average molecular weight is 831 g/mol. The second-order valence-electron chi connectivity index (χ2n) is 14.0. The first-order chi connectivity index (χ1) is 27.7. The van der Waals surface area contributed by atoms with E-state index in [-0.39, 0.29) is 60.0 Å². The molecule has 0 aliphatic heterocycles. The Labute approximate surface area is 372 Å². The Balaban J connectivity index is -0.00000103. The molecule has 0 atom stereocenters. The van der Waals surface area contributed by atoms with Crippen LogP contribution < -0.4 is 66.6 Å². The molecular formula is C43H79N6NaO8. The first-order valence-electron chi connectivity index (χ1n) is 21.8. The summed E-state index contributed by atoms with van der Waals surface area (Å²) in [7, 11) is 1.31. The van der Waals surface area contributed by atoms with Crippen molar-refractivity contribution in [1.29, 1.82) is 0 Å². The minimum absolute atomic E-state index is 0. The van der Waals surface area contributed by atoms with Gasteiger partial charge < -0.3 is 46.5 Å². The number of hydrogen-bond acceptors (Lipinski definition) is 8. The monoisotopic (exact) mass is 831 g/mol. The number of carboxylic acid groups (broad SMARTS) is 1. The van der Waals surface area contributed by atoms with Gasteiger partial charge in [0.15, 0.2) is 0 Å². The molecule has 6 N–H and O–H groups in total. The Morgan fingerprint density at radius 3 is 1.12 bits per heavy atom. The van der Waals surface area contributed by atoms with Crippen LogP contribution in [0.4, 0.5) is 9.59 Å². The third kappa shape index (κ3) is 50.9. The predicted octanol–water partition coefficient (Wildman–Crippen LogP) is 3.25. The summed E-state index contributed by atoms with van der Waals surface area (Å²) in [6, 6.07) is -0.166. The summed E-state index contributed by atoms with van der Waals surface area (Å²) in [6.07, 6.45) is 34.3. The van der Waals surface area contributed by atoms with Gasteiger partial charge in [-0.1, -0.05) is 88.5 Å². The second kappa shape index (κ2) is 48.3. The first-order valence-corrected chi connectivity index (χ1v) is 21.8. The van der Waals surface area contributed by atoms with Gasteiger partial charge in [0, 0.05) is 39.0 Å². The molecule has 0 aromatic heterocycles. The van der Waals surface area contributed by atoms with E-state index < -0.39 is 18.5 Å². The van der Waals surface area contributed by atoms with Gasteiger partial charge in [-0.15, -0.1) is 0 Å². The predicted molar refractivity (Wildman–Crippen MR) is 226 cm³/mol. The molecule has 0 fully saturated rings. The average Bonchev–Trinajstić information content (AvgIpc) is 3.19. The van der Waals surface area contributed by atoms with E-state index in [0.717, 1.165) is 103 Å². The number of allylic oxidation sites excluding steroid dienone is 4. The summed E-state index contributed by atoms with van der Waals surface area (Å²) in [5.74, 6) is -1.97. The van der Waals surface area contributed by atoms with E-state index in [0.29, 0.717) is 25.9 Å². The van der Waals surface area contributed by atoms with Gasteiger partial charge >= 0.3 is 47.6 Å². The molecule has 0 aromatic carbocycles. The van der Waals surface area contributed by atoms with Crippen LogP contribution in [0.5, 0.6) is 0 Å². The van der Waals surface area contributed by atoms with Crippen LogP contribution in [0.25, 0.3) is 0 Å². The molecule has 0 aliphatic rings. The third-order valence-electron chi connectivity index (χ3n) is 8.81. The molecule has 0 unspecified atom stereocenters. The summed E-state index contributed by atoms with van der Waals surface area (Å²) in [6.45, 7) is 6.14. The molecular weight excluding hydrogens is 751 g/mol. The number of aliphatic carboxylic acids is 1. The number of urea groups is 2. The Morgan fingerprint density at radius 2 is 0.776 bits per heavy atom. The number of carbonyl (C=O) groups is 6. The molecule has 0 heterocycles. The van der Waals surface area contributed by atoms with Crippen LogP contribution in [0, 0.1) is 0 Å². The van der Waals surface area contributed by atoms with Gasteiger partial charge in [-0.3, -0.25) is 14.4 Å². The molecule has 330 valence electrons. The van der Waals surface area contributed by atoms with Crippen LogP contribution in [0.1, 0.15) is 168 Å². The van der Waals surface area contributed by atoms with E-state index >= 15 is 0 Å². The van der Waals surface area contributed by atoms with Crippen molar-refractivity contribution in [3.8, 4) is 0 Å². The minimum atomic E-state index is -1.26. The van der Waals surface area contributed by atoms with Gasteiger partial charge in [-0.25, -0.2) is 9.59 Å². The van der Waals surface area contributed by atoms with E-state index in [1.165, 1.54) is 58.5 Å². The molecule has 6 amide bonds. The Hall–Kier alpha value is -3.10. The molecule has 0 radical (unpaired) electrons. The third-order valence-corrected chi connectivity index (χ3v) is 8.81. The molecule has 0 bridgehead atoms. The van der Waals surface area contributed by atoms with Crippen molar-refractivity contribution >= 4 is 35.8 Å². The zero-order valence-corrected chi connectivity index (χ0v) is 38.8. The SMILES string of the molecule is CCNC(=O)NCCCC/C=C\CCCCCCCCCC(=O)NCC(=O)OC.CCNC(=O)NCCCC/C=C\CCCCCCCCCC(=O)NCC(=O)[O-].[Na+]. The van der Waals surface area contributed by atoms with Crippen molar-refractivity contribution in [1.82, 2.24) is 31.9 Å². The molecule has 58 heavy (non-hydrogen) atoms. The molecule has 0 aromatic rings. The molecule has 0 saturated heterocycles. The van der Waals surface area contributed by atoms with Gasteiger partial charge in [0.2, 0.25) is 11.8 Å². The second-order valence-corrected chi connectivity index (χ2v) is 14.0. The molecule has 14 nitrogen and oxygen atoms in total. The first kappa shape index (κ1) is 59.2. The van der Waals surface area contributed by atoms with E-state index in [1.54, 1.807) is 0 Å². The summed E-state index contributed by atoms with van der Waals surface area (Å²) in [4.78, 5) is 66.3. The maximum atomic E-state index is 11.5. The van der Waals surface area contributed by atoms with E-state index in [4.69, 9.17) is 0 Å². The normalized spacial score (nSPS) is 10.5. The zero-order chi connectivity index (χ0) is 42.5. The number of ether oxygens (including phenoxy) is 1. The number of carbonyl (C=O) groups excluding carboxylic acids is 6. The maximum Gasteiger partial charge on any atom is 1.00 e. The Kier molecular flexibility index (Phi) is 49.3. The van der Waals surface area contributed by atoms with E-state index in [9.17, 15) is 33.9 Å². The van der Waals surface area contributed by atoms with Crippen molar-refractivity contribution in [2.75, 3.05) is 46.4 Å². The standard InChI is InChI=1S/C22H41N3O4.C21H39N3O4.Na/c1-3-23-22(28)24-18-16-14-12-10-8-6-4-5-7-9-11-13-15-17-20(26)25-19-21(27)29-2;1-2-22-21(28)23-17-15-13-11-9-7-5-3-4-6-8-10-12-14-16-19(25)24-18-20(26)27;/h8,10H,3-7,9,11-19H2,1-2H3,(H,25,26)(H2,23,24,28);7,9H,2-6,8,10-18H2,1H3,(H,24,25)(H,26,27)(H2,22,23,28);/q;;+1/p-1/b10-8-;9-7-;. The number of unbranched alkanes of at least 4 members (excludes halogenated alkanes) is 18. The van der Waals surface area contributed by atoms with E-state index in [2.05, 4.69) is 60.9 Å². The van der Waals surface area contributed by atoms with Crippen LogP contribution >= 0.6 is 0 Å². The fraction of sp³-hybridized carbons (Fsp3) is 0.767. The summed E-state index contributed by atoms with van der Waals surface area (Å²) >= 11 is 0. The van der Waals surface area contributed by atoms with Crippen LogP contribution in [0.3, 0.4) is 0 Å². The van der Waals surface area contributed by atoms with Gasteiger partial charge in [0.25, 0.3) is 0 Å². The van der Waals surface area contributed by atoms with Gasteiger partial charge in [-0.2, -0.15) is 0 Å². The van der Waals surface area contributed by atoms with Crippen molar-refractivity contribution in [3.05, 3.63) is 24.3 Å². The molecule has 0 spiro atoms. The fourth-order valence-electron chi connectivity index (χ4n) is 5.55. The quantitative estimate of drug-likeness (QED) is 0.0239. The molecule has 0 aliphatic carbocycles. The van der Waals surface area contributed by atoms with Crippen molar-refractivity contribution in [2.24, 2.45) is 0 Å². The van der Waals surface area contributed by atoms with Crippen molar-refractivity contribution in [2.45, 2.75) is 168 Å². The maximum absolute atomic E-state index is 11.5. The molecule has 15 heteroatoms. The van der Waals surface area contributed by atoms with E-state index in [1.807, 2.05) is 13.8 Å². The van der Waals surface area contributed by atoms with Gasteiger partial charge in [0.1, 0.15) is 6.54 Å². The molecule has 0 saturated carbocycles. The number of rotatable bonds is 36. The minimum Gasteiger partial charge on any atom is -0.548 e. The largest absolute Gasteiger partial charge is 1.00 e. The Morgan fingerprint density at radius 1 is 0.448 bits per heavy atom. The van der Waals surface area contributed by atoms with Crippen LogP contribution in [0.2, 0.25) is 0 Å². The van der Waals surface area contributed by atoms with Crippen LogP contribution in [-0.4, -0.2) is 82.2 Å². The van der Waals surface area contributed by atoms with Gasteiger partial charge in [-0.05, 0) is 90.9 Å². The summed E-state index contributed by atoms with van der Waals surface area (Å²) in [5.41, 5.74) is 0. The Bertz CT molecular complexity index is 1090. The van der Waals surface area contributed by atoms with Crippen molar-refractivity contribution in [3.63, 3.8) is 0 Å². The summed E-state index contributed by atoms with van der Waals surface area (Å²) < 4.78 is 4.47. The molecule has 0 rings (SSSR count). The number of carboxylic acids is 1. The smallest absolute Gasteiger partial charge is 0.548 e. The van der Waals surface area contributed by atoms with Crippen LogP contribution in [-0.2, 0) is 23.9 Å².